The van der Waals surface area contributed by atoms with Crippen LogP contribution in [0, 0.1) is 0 Å². The Hall–Kier alpha value is -1.43. The summed E-state index contributed by atoms with van der Waals surface area (Å²) in [6, 6.07) is 7.51. The average Bonchev–Trinajstić information content (AvgIpc) is 2.47. The van der Waals surface area contributed by atoms with Gasteiger partial charge in [-0.25, -0.2) is 0 Å². The summed E-state index contributed by atoms with van der Waals surface area (Å²) >= 11 is 0. The van der Waals surface area contributed by atoms with Crippen LogP contribution in [0.4, 0.5) is 5.69 Å². The molecule has 0 spiro atoms. The van der Waals surface area contributed by atoms with Crippen LogP contribution in [0.5, 0.6) is 0 Å². The predicted molar refractivity (Wildman–Crippen MR) is 72.8 cm³/mol. The van der Waals surface area contributed by atoms with Gasteiger partial charge < -0.3 is 20.5 Å². The third kappa shape index (κ3) is 4.31. The van der Waals surface area contributed by atoms with E-state index < -0.39 is 0 Å². The predicted octanol–water partition coefficient (Wildman–Crippen LogP) is 1.28. The maximum absolute atomic E-state index is 11.8. The van der Waals surface area contributed by atoms with Gasteiger partial charge in [0.1, 0.15) is 6.61 Å². The quantitative estimate of drug-likeness (QED) is 0.840. The van der Waals surface area contributed by atoms with Crippen LogP contribution in [0.25, 0.3) is 0 Å². The van der Waals surface area contributed by atoms with E-state index in [9.17, 15) is 4.79 Å². The highest BCUT2D eigenvalue weighted by molar-refractivity contribution is 5.92. The molecule has 1 amide bonds. The Morgan fingerprint density at radius 3 is 2.84 bits per heavy atom. The molecule has 0 bridgehead atoms. The molecule has 19 heavy (non-hydrogen) atoms. The number of anilines is 1. The highest BCUT2D eigenvalue weighted by Crippen LogP contribution is 2.14. The summed E-state index contributed by atoms with van der Waals surface area (Å²) in [5, 5.41) is 2.83. The molecule has 1 fully saturated rings. The van der Waals surface area contributed by atoms with E-state index in [1.165, 1.54) is 0 Å². The lowest BCUT2D eigenvalue weighted by Gasteiger charge is -2.22. The lowest BCUT2D eigenvalue weighted by atomic mass is 10.1. The SMILES string of the molecule is NCc1ccccc1NC(=O)COC1CCOCC1. The number of amides is 1. The lowest BCUT2D eigenvalue weighted by Crippen LogP contribution is -2.28. The molecular weight excluding hydrogens is 244 g/mol. The van der Waals surface area contributed by atoms with Crippen molar-refractivity contribution in [3.63, 3.8) is 0 Å². The van der Waals surface area contributed by atoms with Crippen molar-refractivity contribution in [1.29, 1.82) is 0 Å². The normalized spacial score (nSPS) is 16.3. The summed E-state index contributed by atoms with van der Waals surface area (Å²) in [7, 11) is 0. The van der Waals surface area contributed by atoms with Crippen molar-refractivity contribution in [3.05, 3.63) is 29.8 Å². The van der Waals surface area contributed by atoms with Crippen molar-refractivity contribution >= 4 is 11.6 Å². The monoisotopic (exact) mass is 264 g/mol. The molecule has 1 aliphatic heterocycles. The lowest BCUT2D eigenvalue weighted by molar-refractivity contribution is -0.124. The Balaban J connectivity index is 1.80. The number of hydrogen-bond donors (Lipinski definition) is 2. The van der Waals surface area contributed by atoms with Gasteiger partial charge in [0.25, 0.3) is 0 Å². The van der Waals surface area contributed by atoms with E-state index in [0.717, 1.165) is 24.1 Å². The van der Waals surface area contributed by atoms with Gasteiger partial charge in [-0.2, -0.15) is 0 Å². The molecule has 1 heterocycles. The minimum Gasteiger partial charge on any atom is -0.381 e. The molecule has 0 saturated carbocycles. The van der Waals surface area contributed by atoms with Crippen molar-refractivity contribution in [2.45, 2.75) is 25.5 Å². The summed E-state index contributed by atoms with van der Waals surface area (Å²) in [5.41, 5.74) is 7.29. The Labute approximate surface area is 113 Å². The molecule has 0 aliphatic carbocycles. The molecule has 0 aromatic heterocycles. The first kappa shape index (κ1) is 14.0. The van der Waals surface area contributed by atoms with Crippen LogP contribution in [0.2, 0.25) is 0 Å². The first-order valence-electron chi connectivity index (χ1n) is 6.57. The molecule has 3 N–H and O–H groups in total. The van der Waals surface area contributed by atoms with Crippen molar-refractivity contribution in [3.8, 4) is 0 Å². The van der Waals surface area contributed by atoms with Crippen molar-refractivity contribution in [1.82, 2.24) is 0 Å². The average molecular weight is 264 g/mol. The highest BCUT2D eigenvalue weighted by atomic mass is 16.5. The molecule has 5 nitrogen and oxygen atoms in total. The molecule has 1 aliphatic rings. The van der Waals surface area contributed by atoms with Crippen LogP contribution in [0.1, 0.15) is 18.4 Å². The fraction of sp³-hybridized carbons (Fsp3) is 0.500. The van der Waals surface area contributed by atoms with Gasteiger partial charge in [0, 0.05) is 25.4 Å². The van der Waals surface area contributed by atoms with Crippen molar-refractivity contribution in [2.24, 2.45) is 5.73 Å². The van der Waals surface area contributed by atoms with Gasteiger partial charge in [-0.05, 0) is 24.5 Å². The van der Waals surface area contributed by atoms with Gasteiger partial charge in [0.15, 0.2) is 0 Å². The van der Waals surface area contributed by atoms with Gasteiger partial charge in [0.05, 0.1) is 6.10 Å². The van der Waals surface area contributed by atoms with Crippen LogP contribution in [-0.4, -0.2) is 31.8 Å². The molecule has 0 radical (unpaired) electrons. The second-order valence-electron chi connectivity index (χ2n) is 4.53. The summed E-state index contributed by atoms with van der Waals surface area (Å²) in [6.07, 6.45) is 1.84. The summed E-state index contributed by atoms with van der Waals surface area (Å²) in [5.74, 6) is -0.146. The van der Waals surface area contributed by atoms with E-state index in [1.807, 2.05) is 24.3 Å². The van der Waals surface area contributed by atoms with E-state index in [1.54, 1.807) is 0 Å². The van der Waals surface area contributed by atoms with Crippen molar-refractivity contribution in [2.75, 3.05) is 25.1 Å². The number of ether oxygens (including phenoxy) is 2. The number of nitrogens with one attached hydrogen (secondary N) is 1. The fourth-order valence-corrected chi connectivity index (χ4v) is 2.04. The first-order chi connectivity index (χ1) is 9.29. The number of benzene rings is 1. The molecule has 0 atom stereocenters. The van der Waals surface area contributed by atoms with E-state index >= 15 is 0 Å². The second kappa shape index (κ2) is 7.23. The Bertz CT molecular complexity index is 417. The molecule has 5 heteroatoms. The van der Waals surface area contributed by atoms with Crippen LogP contribution >= 0.6 is 0 Å². The molecule has 1 aromatic rings. The fourth-order valence-electron chi connectivity index (χ4n) is 2.04. The van der Waals surface area contributed by atoms with Gasteiger partial charge in [-0.1, -0.05) is 18.2 Å². The standard InChI is InChI=1S/C14H20N2O3/c15-9-11-3-1-2-4-13(11)16-14(17)10-19-12-5-7-18-8-6-12/h1-4,12H,5-10,15H2,(H,16,17). The number of hydrogen-bond acceptors (Lipinski definition) is 4. The van der Waals surface area contributed by atoms with Crippen LogP contribution in [-0.2, 0) is 20.8 Å². The second-order valence-corrected chi connectivity index (χ2v) is 4.53. The third-order valence-corrected chi connectivity index (χ3v) is 3.13. The van der Waals surface area contributed by atoms with Crippen LogP contribution in [0.3, 0.4) is 0 Å². The van der Waals surface area contributed by atoms with Crippen LogP contribution in [0.15, 0.2) is 24.3 Å². The minimum atomic E-state index is -0.146. The number of para-hydroxylation sites is 1. The van der Waals surface area contributed by atoms with E-state index in [0.29, 0.717) is 19.8 Å². The Kier molecular flexibility index (Phi) is 5.32. The number of rotatable bonds is 5. The number of nitrogens with two attached hydrogens (primary N) is 1. The molecule has 104 valence electrons. The smallest absolute Gasteiger partial charge is 0.250 e. The minimum absolute atomic E-state index is 0.0730. The Morgan fingerprint density at radius 1 is 1.37 bits per heavy atom. The molecule has 2 rings (SSSR count). The van der Waals surface area contributed by atoms with Gasteiger partial charge in [-0.3, -0.25) is 4.79 Å². The summed E-state index contributed by atoms with van der Waals surface area (Å²) in [4.78, 5) is 11.8. The number of carbonyl (C=O) groups excluding carboxylic acids is 1. The van der Waals surface area contributed by atoms with E-state index in [2.05, 4.69) is 5.32 Å². The zero-order valence-corrected chi connectivity index (χ0v) is 10.9. The van der Waals surface area contributed by atoms with Gasteiger partial charge in [0.2, 0.25) is 5.91 Å². The molecular formula is C14H20N2O3. The maximum atomic E-state index is 11.8. The summed E-state index contributed by atoms with van der Waals surface area (Å²) < 4.78 is 10.8. The molecule has 1 aromatic carbocycles. The zero-order valence-electron chi connectivity index (χ0n) is 10.9. The molecule has 1 saturated heterocycles. The van der Waals surface area contributed by atoms with Crippen molar-refractivity contribution < 1.29 is 14.3 Å². The van der Waals surface area contributed by atoms with Crippen LogP contribution < -0.4 is 11.1 Å². The van der Waals surface area contributed by atoms with Gasteiger partial charge in [-0.15, -0.1) is 0 Å². The topological polar surface area (TPSA) is 73.6 Å². The van der Waals surface area contributed by atoms with E-state index in [-0.39, 0.29) is 18.6 Å². The number of carbonyl (C=O) groups is 1. The van der Waals surface area contributed by atoms with E-state index in [4.69, 9.17) is 15.2 Å². The largest absolute Gasteiger partial charge is 0.381 e. The summed E-state index contributed by atoms with van der Waals surface area (Å²) in [6.45, 7) is 1.89. The zero-order chi connectivity index (χ0) is 13.5. The maximum Gasteiger partial charge on any atom is 0.250 e. The first-order valence-corrected chi connectivity index (χ1v) is 6.57. The van der Waals surface area contributed by atoms with Gasteiger partial charge >= 0.3 is 0 Å². The highest BCUT2D eigenvalue weighted by Gasteiger charge is 2.15. The molecule has 0 unspecified atom stereocenters. The third-order valence-electron chi connectivity index (χ3n) is 3.13. The Morgan fingerprint density at radius 2 is 2.11 bits per heavy atom.